The lowest BCUT2D eigenvalue weighted by molar-refractivity contribution is -0.384. The molecule has 5 aliphatic rings. The van der Waals surface area contributed by atoms with E-state index in [0.717, 1.165) is 62.9 Å². The summed E-state index contributed by atoms with van der Waals surface area (Å²) in [6.45, 7) is 3.89. The summed E-state index contributed by atoms with van der Waals surface area (Å²) in [7, 11) is 0. The predicted octanol–water partition coefficient (Wildman–Crippen LogP) is 4.53. The average Bonchev–Trinajstić information content (AvgIpc) is 2.66. The van der Waals surface area contributed by atoms with Gasteiger partial charge in [0, 0.05) is 30.3 Å². The van der Waals surface area contributed by atoms with Crippen LogP contribution in [0, 0.1) is 33.8 Å². The monoisotopic (exact) mass is 397 g/mol. The third kappa shape index (κ3) is 3.51. The van der Waals surface area contributed by atoms with E-state index in [1.807, 2.05) is 0 Å². The lowest BCUT2D eigenvalue weighted by Crippen LogP contribution is -2.59. The van der Waals surface area contributed by atoms with Crippen LogP contribution in [-0.2, 0) is 0 Å². The Hall–Kier alpha value is -2.11. The first kappa shape index (κ1) is 18.9. The van der Waals surface area contributed by atoms with Crippen LogP contribution >= 0.6 is 0 Å². The van der Waals surface area contributed by atoms with Gasteiger partial charge in [0.2, 0.25) is 0 Å². The second-order valence-corrected chi connectivity index (χ2v) is 10.3. The van der Waals surface area contributed by atoms with Crippen LogP contribution in [0.15, 0.2) is 18.2 Å². The number of piperidine rings is 1. The normalized spacial score (nSPS) is 33.7. The van der Waals surface area contributed by atoms with E-state index >= 15 is 0 Å². The molecule has 1 aromatic rings. The predicted molar refractivity (Wildman–Crippen MR) is 112 cm³/mol. The third-order valence-electron chi connectivity index (χ3n) is 7.98. The molecular formula is C23H31N3O3. The second kappa shape index (κ2) is 6.99. The van der Waals surface area contributed by atoms with Crippen LogP contribution in [0.3, 0.4) is 0 Å². The molecule has 6 rings (SSSR count). The number of carbonyl (C=O) groups excluding carboxylic acids is 1. The number of rotatable bonds is 4. The average molecular weight is 398 g/mol. The van der Waals surface area contributed by atoms with Crippen molar-refractivity contribution < 1.29 is 9.72 Å². The number of nitrogens with zero attached hydrogens (tertiary/aromatic N) is 2. The van der Waals surface area contributed by atoms with Crippen LogP contribution in [0.25, 0.3) is 0 Å². The van der Waals surface area contributed by atoms with Gasteiger partial charge in [-0.2, -0.15) is 0 Å². The molecule has 0 aromatic heterocycles. The molecule has 5 fully saturated rings. The lowest BCUT2D eigenvalue weighted by Gasteiger charge is -2.56. The maximum absolute atomic E-state index is 13.1. The van der Waals surface area contributed by atoms with Crippen molar-refractivity contribution in [3.63, 3.8) is 0 Å². The zero-order chi connectivity index (χ0) is 20.2. The SMILES string of the molecule is CC1CCN(c2ccc(C(=O)NC34CC5CC(CC(C5)C3)C4)cc2[N+](=O)[O-])CC1. The Bertz CT molecular complexity index is 793. The van der Waals surface area contributed by atoms with Crippen molar-refractivity contribution >= 4 is 17.3 Å². The summed E-state index contributed by atoms with van der Waals surface area (Å²) in [6.07, 6.45) is 9.30. The maximum Gasteiger partial charge on any atom is 0.293 e. The van der Waals surface area contributed by atoms with Gasteiger partial charge in [-0.1, -0.05) is 6.92 Å². The van der Waals surface area contributed by atoms with Gasteiger partial charge in [-0.25, -0.2) is 0 Å². The molecule has 4 aliphatic carbocycles. The second-order valence-electron chi connectivity index (χ2n) is 10.3. The van der Waals surface area contributed by atoms with Crippen molar-refractivity contribution in [1.82, 2.24) is 5.32 Å². The first-order chi connectivity index (χ1) is 13.9. The summed E-state index contributed by atoms with van der Waals surface area (Å²) in [5.74, 6) is 2.77. The molecule has 4 saturated carbocycles. The minimum absolute atomic E-state index is 0.0534. The van der Waals surface area contributed by atoms with Gasteiger partial charge in [0.25, 0.3) is 11.6 Å². The van der Waals surface area contributed by atoms with Crippen LogP contribution in [0.5, 0.6) is 0 Å². The Kier molecular flexibility index (Phi) is 4.56. The molecule has 0 unspecified atom stereocenters. The Labute approximate surface area is 172 Å². The van der Waals surface area contributed by atoms with Gasteiger partial charge in [0.1, 0.15) is 5.69 Å². The van der Waals surface area contributed by atoms with E-state index in [-0.39, 0.29) is 22.1 Å². The van der Waals surface area contributed by atoms with Gasteiger partial charge in [-0.05, 0) is 87.2 Å². The molecule has 1 amide bonds. The van der Waals surface area contributed by atoms with E-state index < -0.39 is 0 Å². The van der Waals surface area contributed by atoms with E-state index in [0.29, 0.717) is 17.2 Å². The number of anilines is 1. The summed E-state index contributed by atoms with van der Waals surface area (Å²) in [6, 6.07) is 5.04. The smallest absolute Gasteiger partial charge is 0.293 e. The molecule has 0 spiro atoms. The fourth-order valence-corrected chi connectivity index (χ4v) is 6.90. The Balaban J connectivity index is 1.36. The highest BCUT2D eigenvalue weighted by Gasteiger charge is 2.51. The van der Waals surface area contributed by atoms with Gasteiger partial charge in [-0.3, -0.25) is 14.9 Å². The summed E-state index contributed by atoms with van der Waals surface area (Å²) >= 11 is 0. The molecule has 1 aliphatic heterocycles. The highest BCUT2D eigenvalue weighted by molar-refractivity contribution is 5.96. The van der Waals surface area contributed by atoms with E-state index in [2.05, 4.69) is 17.1 Å². The zero-order valence-electron chi connectivity index (χ0n) is 17.2. The van der Waals surface area contributed by atoms with Gasteiger partial charge in [0.05, 0.1) is 4.92 Å². The van der Waals surface area contributed by atoms with E-state index in [1.165, 1.54) is 25.3 Å². The highest BCUT2D eigenvalue weighted by Crippen LogP contribution is 2.55. The standard InChI is InChI=1S/C23H31N3O3/c1-15-4-6-25(7-5-15)20-3-2-19(11-21(20)26(28)29)22(27)24-23-12-16-8-17(13-23)10-18(9-16)14-23/h2-3,11,15-18H,4-10,12-14H2,1H3,(H,24,27). The first-order valence-electron chi connectivity index (χ1n) is 11.3. The number of nitrogens with one attached hydrogen (secondary N) is 1. The van der Waals surface area contributed by atoms with Crippen molar-refractivity contribution in [3.8, 4) is 0 Å². The van der Waals surface area contributed by atoms with Crippen LogP contribution in [0.4, 0.5) is 11.4 Å². The Morgan fingerprint density at radius 3 is 2.24 bits per heavy atom. The quantitative estimate of drug-likeness (QED) is 0.598. The maximum atomic E-state index is 13.1. The summed E-state index contributed by atoms with van der Waals surface area (Å²) < 4.78 is 0. The van der Waals surface area contributed by atoms with Crippen molar-refractivity contribution in [2.75, 3.05) is 18.0 Å². The summed E-state index contributed by atoms with van der Waals surface area (Å²) in [4.78, 5) is 26.6. The summed E-state index contributed by atoms with van der Waals surface area (Å²) in [5.41, 5.74) is 1.04. The molecule has 0 radical (unpaired) electrons. The minimum atomic E-state index is -0.338. The number of hydrogen-bond acceptors (Lipinski definition) is 4. The first-order valence-corrected chi connectivity index (χ1v) is 11.3. The van der Waals surface area contributed by atoms with Crippen molar-refractivity contribution in [3.05, 3.63) is 33.9 Å². The number of nitro groups is 1. The van der Waals surface area contributed by atoms with Gasteiger partial charge >= 0.3 is 0 Å². The molecule has 4 bridgehead atoms. The van der Waals surface area contributed by atoms with E-state index in [1.54, 1.807) is 12.1 Å². The van der Waals surface area contributed by atoms with Gasteiger partial charge < -0.3 is 10.2 Å². The molecule has 1 saturated heterocycles. The number of amides is 1. The number of hydrogen-bond donors (Lipinski definition) is 1. The molecule has 156 valence electrons. The fourth-order valence-electron chi connectivity index (χ4n) is 6.90. The summed E-state index contributed by atoms with van der Waals surface area (Å²) in [5, 5.41) is 15.1. The third-order valence-corrected chi connectivity index (χ3v) is 7.98. The molecule has 29 heavy (non-hydrogen) atoms. The van der Waals surface area contributed by atoms with Crippen LogP contribution in [0.1, 0.15) is 68.6 Å². The lowest BCUT2D eigenvalue weighted by atomic mass is 9.53. The highest BCUT2D eigenvalue weighted by atomic mass is 16.6. The van der Waals surface area contributed by atoms with Gasteiger partial charge in [0.15, 0.2) is 0 Å². The van der Waals surface area contributed by atoms with E-state index in [4.69, 9.17) is 0 Å². The fraction of sp³-hybridized carbons (Fsp3) is 0.696. The number of nitro benzene ring substituents is 1. The number of benzene rings is 1. The topological polar surface area (TPSA) is 75.5 Å². The molecule has 1 N–H and O–H groups in total. The van der Waals surface area contributed by atoms with Crippen LogP contribution in [-0.4, -0.2) is 29.5 Å². The number of carbonyl (C=O) groups is 1. The molecule has 1 heterocycles. The van der Waals surface area contributed by atoms with Crippen molar-refractivity contribution in [1.29, 1.82) is 0 Å². The molecule has 6 heteroatoms. The van der Waals surface area contributed by atoms with Gasteiger partial charge in [-0.15, -0.1) is 0 Å². The van der Waals surface area contributed by atoms with Crippen LogP contribution in [0.2, 0.25) is 0 Å². The Morgan fingerprint density at radius 1 is 1.10 bits per heavy atom. The molecule has 1 aromatic carbocycles. The molecule has 6 nitrogen and oxygen atoms in total. The van der Waals surface area contributed by atoms with Crippen LogP contribution < -0.4 is 10.2 Å². The zero-order valence-corrected chi connectivity index (χ0v) is 17.2. The Morgan fingerprint density at radius 2 is 1.69 bits per heavy atom. The largest absolute Gasteiger partial charge is 0.366 e. The molecule has 0 atom stereocenters. The molecular weight excluding hydrogens is 366 g/mol. The van der Waals surface area contributed by atoms with Crippen molar-refractivity contribution in [2.45, 2.75) is 63.8 Å². The minimum Gasteiger partial charge on any atom is -0.366 e. The van der Waals surface area contributed by atoms with Crippen molar-refractivity contribution in [2.24, 2.45) is 23.7 Å². The van der Waals surface area contributed by atoms with E-state index in [9.17, 15) is 14.9 Å².